The highest BCUT2D eigenvalue weighted by Crippen LogP contribution is 2.44. The van der Waals surface area contributed by atoms with E-state index in [1.54, 1.807) is 12.1 Å². The molecule has 0 radical (unpaired) electrons. The molecule has 1 aromatic heterocycles. The van der Waals surface area contributed by atoms with Gasteiger partial charge in [0.1, 0.15) is 11.5 Å². The summed E-state index contributed by atoms with van der Waals surface area (Å²) in [5.74, 6) is -0.461. The molecular weight excluding hydrogens is 347 g/mol. The summed E-state index contributed by atoms with van der Waals surface area (Å²) < 4.78 is 18.0. The molecule has 2 heterocycles. The summed E-state index contributed by atoms with van der Waals surface area (Å²) >= 11 is 7.30. The second-order valence-electron chi connectivity index (χ2n) is 5.64. The molecule has 0 aliphatic carbocycles. The molecule has 1 aliphatic rings. The molecule has 1 amide bonds. The Morgan fingerprint density at radius 1 is 1.21 bits per heavy atom. The summed E-state index contributed by atoms with van der Waals surface area (Å²) in [7, 11) is 0. The van der Waals surface area contributed by atoms with Crippen molar-refractivity contribution in [2.24, 2.45) is 0 Å². The van der Waals surface area contributed by atoms with Crippen molar-refractivity contribution in [2.75, 3.05) is 5.32 Å². The Hall–Kier alpha value is -2.24. The van der Waals surface area contributed by atoms with E-state index in [0.717, 1.165) is 10.4 Å². The van der Waals surface area contributed by atoms with E-state index in [2.05, 4.69) is 9.69 Å². The summed E-state index contributed by atoms with van der Waals surface area (Å²) in [6, 6.07) is 13.7. The zero-order valence-electron chi connectivity index (χ0n) is 12.4. The van der Waals surface area contributed by atoms with Crippen molar-refractivity contribution in [3.05, 3.63) is 69.8 Å². The summed E-state index contributed by atoms with van der Waals surface area (Å²) in [5, 5.41) is 3.55. The molecule has 0 bridgehead atoms. The van der Waals surface area contributed by atoms with Crippen LogP contribution in [0.15, 0.2) is 48.5 Å². The first-order valence-corrected chi connectivity index (χ1v) is 8.58. The molecule has 0 unspecified atom stereocenters. The van der Waals surface area contributed by atoms with Crippen LogP contribution in [-0.2, 0) is 4.79 Å². The second kappa shape index (κ2) is 6.00. The van der Waals surface area contributed by atoms with E-state index in [1.165, 1.54) is 23.7 Å². The fourth-order valence-corrected chi connectivity index (χ4v) is 4.03. The number of benzene rings is 2. The second-order valence-corrected chi connectivity index (χ2v) is 6.88. The molecule has 1 atom stereocenters. The highest BCUT2D eigenvalue weighted by atomic mass is 35.5. The maximum Gasteiger partial charge on any atom is 0.225 e. The molecule has 4 rings (SSSR count). The third kappa shape index (κ3) is 2.70. The molecule has 1 N–H and O–H groups in total. The average molecular weight is 359 g/mol. The lowest BCUT2D eigenvalue weighted by molar-refractivity contribution is -0.116. The van der Waals surface area contributed by atoms with Gasteiger partial charge in [0.15, 0.2) is 0 Å². The molecule has 24 heavy (non-hydrogen) atoms. The fraction of sp³-hybridized carbons (Fsp3) is 0.111. The van der Waals surface area contributed by atoms with Gasteiger partial charge in [-0.05, 0) is 41.4 Å². The first-order valence-electron chi connectivity index (χ1n) is 7.42. The van der Waals surface area contributed by atoms with Crippen LogP contribution in [-0.4, -0.2) is 10.3 Å². The highest BCUT2D eigenvalue weighted by Gasteiger charge is 2.31. The van der Waals surface area contributed by atoms with Gasteiger partial charge in [-0.3, -0.25) is 4.79 Å². The SMILES string of the molecule is O=C1C[C@@H](c2ccc(Cl)cc2)c2snc(-c3cccc(F)c3)c2N1. The number of carbonyl (C=O) groups excluding carboxylic acids is 1. The Morgan fingerprint density at radius 2 is 2.00 bits per heavy atom. The molecule has 1 aliphatic heterocycles. The number of aromatic nitrogens is 1. The van der Waals surface area contributed by atoms with Crippen molar-refractivity contribution in [1.29, 1.82) is 0 Å². The average Bonchev–Trinajstić information content (AvgIpc) is 2.98. The maximum atomic E-state index is 13.5. The predicted molar refractivity (Wildman–Crippen MR) is 94.0 cm³/mol. The smallest absolute Gasteiger partial charge is 0.225 e. The first-order chi connectivity index (χ1) is 11.6. The summed E-state index contributed by atoms with van der Waals surface area (Å²) in [6.45, 7) is 0. The minimum Gasteiger partial charge on any atom is -0.323 e. The normalized spacial score (nSPS) is 16.6. The van der Waals surface area contributed by atoms with Crippen LogP contribution in [0.1, 0.15) is 22.8 Å². The molecule has 6 heteroatoms. The van der Waals surface area contributed by atoms with E-state index in [-0.39, 0.29) is 17.6 Å². The quantitative estimate of drug-likeness (QED) is 0.694. The molecule has 0 saturated carbocycles. The number of amides is 1. The van der Waals surface area contributed by atoms with Crippen molar-refractivity contribution in [2.45, 2.75) is 12.3 Å². The van der Waals surface area contributed by atoms with Gasteiger partial charge in [-0.25, -0.2) is 4.39 Å². The van der Waals surface area contributed by atoms with E-state index in [4.69, 9.17) is 11.6 Å². The van der Waals surface area contributed by atoms with E-state index in [9.17, 15) is 9.18 Å². The van der Waals surface area contributed by atoms with Crippen LogP contribution in [0.4, 0.5) is 10.1 Å². The Morgan fingerprint density at radius 3 is 2.75 bits per heavy atom. The maximum absolute atomic E-state index is 13.5. The van der Waals surface area contributed by atoms with Crippen LogP contribution < -0.4 is 5.32 Å². The largest absolute Gasteiger partial charge is 0.323 e. The van der Waals surface area contributed by atoms with E-state index >= 15 is 0 Å². The number of hydrogen-bond acceptors (Lipinski definition) is 3. The van der Waals surface area contributed by atoms with Gasteiger partial charge in [0.05, 0.1) is 10.6 Å². The fourth-order valence-electron chi connectivity index (χ4n) is 2.93. The third-order valence-electron chi connectivity index (χ3n) is 4.06. The molecule has 2 aromatic carbocycles. The number of fused-ring (bicyclic) bond motifs is 1. The lowest BCUT2D eigenvalue weighted by atomic mass is 9.89. The van der Waals surface area contributed by atoms with Crippen LogP contribution >= 0.6 is 23.1 Å². The zero-order chi connectivity index (χ0) is 16.7. The minimum absolute atomic E-state index is 0.0641. The lowest BCUT2D eigenvalue weighted by Gasteiger charge is -2.23. The number of nitrogens with one attached hydrogen (secondary N) is 1. The van der Waals surface area contributed by atoms with Crippen molar-refractivity contribution in [3.63, 3.8) is 0 Å². The topological polar surface area (TPSA) is 42.0 Å². The van der Waals surface area contributed by atoms with Crippen molar-refractivity contribution < 1.29 is 9.18 Å². The summed E-state index contributed by atoms with van der Waals surface area (Å²) in [4.78, 5) is 13.2. The van der Waals surface area contributed by atoms with Gasteiger partial charge in [0.25, 0.3) is 0 Å². The van der Waals surface area contributed by atoms with Crippen LogP contribution in [0.3, 0.4) is 0 Å². The predicted octanol–water partition coefficient (Wildman–Crippen LogP) is 5.08. The Balaban J connectivity index is 1.81. The monoisotopic (exact) mass is 358 g/mol. The lowest BCUT2D eigenvalue weighted by Crippen LogP contribution is -2.22. The van der Waals surface area contributed by atoms with Crippen molar-refractivity contribution in [1.82, 2.24) is 4.37 Å². The summed E-state index contributed by atoms with van der Waals surface area (Å²) in [5.41, 5.74) is 2.97. The van der Waals surface area contributed by atoms with Crippen molar-refractivity contribution >= 4 is 34.7 Å². The molecule has 0 fully saturated rings. The van der Waals surface area contributed by atoms with Gasteiger partial charge in [0.2, 0.25) is 5.91 Å². The molecule has 3 aromatic rings. The number of carbonyl (C=O) groups is 1. The number of rotatable bonds is 2. The Bertz CT molecular complexity index is 923. The molecule has 120 valence electrons. The van der Waals surface area contributed by atoms with Crippen LogP contribution in [0.25, 0.3) is 11.3 Å². The van der Waals surface area contributed by atoms with E-state index < -0.39 is 0 Å². The standard InChI is InChI=1S/C18H12ClFN2OS/c19-12-6-4-10(5-7-12)14-9-15(23)21-17-16(22-24-18(14)17)11-2-1-3-13(20)8-11/h1-8,14H,9H2,(H,21,23)/t14-/m0/s1. The number of hydrogen-bond donors (Lipinski definition) is 1. The van der Waals surface area contributed by atoms with Crippen molar-refractivity contribution in [3.8, 4) is 11.3 Å². The van der Waals surface area contributed by atoms with Gasteiger partial charge < -0.3 is 5.32 Å². The number of anilines is 1. The molecular formula is C18H12ClFN2OS. The Kier molecular flexibility index (Phi) is 3.82. The highest BCUT2D eigenvalue weighted by molar-refractivity contribution is 7.07. The first kappa shape index (κ1) is 15.3. The molecule has 3 nitrogen and oxygen atoms in total. The van der Waals surface area contributed by atoms with Gasteiger partial charge >= 0.3 is 0 Å². The van der Waals surface area contributed by atoms with Crippen LogP contribution in [0, 0.1) is 5.82 Å². The van der Waals surface area contributed by atoms with Crippen LogP contribution in [0.5, 0.6) is 0 Å². The van der Waals surface area contributed by atoms with Gasteiger partial charge in [-0.1, -0.05) is 35.9 Å². The minimum atomic E-state index is -0.328. The zero-order valence-corrected chi connectivity index (χ0v) is 14.0. The van der Waals surface area contributed by atoms with E-state index in [0.29, 0.717) is 28.4 Å². The third-order valence-corrected chi connectivity index (χ3v) is 5.27. The van der Waals surface area contributed by atoms with E-state index in [1.807, 2.05) is 24.3 Å². The van der Waals surface area contributed by atoms with Gasteiger partial charge in [0, 0.05) is 22.9 Å². The summed E-state index contributed by atoms with van der Waals surface area (Å²) in [6.07, 6.45) is 0.361. The van der Waals surface area contributed by atoms with Gasteiger partial charge in [-0.2, -0.15) is 4.37 Å². The Labute approximate surface area is 147 Å². The van der Waals surface area contributed by atoms with Crippen LogP contribution in [0.2, 0.25) is 5.02 Å². The number of nitrogens with zero attached hydrogens (tertiary/aromatic N) is 1. The molecule has 0 saturated heterocycles. The molecule has 0 spiro atoms. The number of halogens is 2. The van der Waals surface area contributed by atoms with Gasteiger partial charge in [-0.15, -0.1) is 0 Å².